The van der Waals surface area contributed by atoms with Crippen molar-refractivity contribution >= 4 is 27.6 Å². The summed E-state index contributed by atoms with van der Waals surface area (Å²) in [5, 5.41) is 11.3. The van der Waals surface area contributed by atoms with Gasteiger partial charge < -0.3 is 9.47 Å². The Morgan fingerprint density at radius 2 is 2.15 bits per heavy atom. The van der Waals surface area contributed by atoms with E-state index in [1.807, 2.05) is 0 Å². The first-order chi connectivity index (χ1) is 9.38. The molecule has 9 heteroatoms. The van der Waals surface area contributed by atoms with Crippen molar-refractivity contribution in [2.45, 2.75) is 18.4 Å². The molecule has 0 saturated carbocycles. The molecule has 110 valence electrons. The van der Waals surface area contributed by atoms with Crippen LogP contribution >= 0.6 is 15.9 Å². The minimum atomic E-state index is -3.20. The Balaban J connectivity index is 3.37. The van der Waals surface area contributed by atoms with Gasteiger partial charge in [0.15, 0.2) is 0 Å². The number of carbonyl (C=O) groups excluding carboxylic acids is 1. The molecular formula is C11H10BrF2NO5. The van der Waals surface area contributed by atoms with Crippen LogP contribution in [0.1, 0.15) is 11.1 Å². The van der Waals surface area contributed by atoms with E-state index in [-0.39, 0.29) is 10.9 Å². The van der Waals surface area contributed by atoms with Gasteiger partial charge in [-0.05, 0) is 17.7 Å². The lowest BCUT2D eigenvalue weighted by atomic mass is 10.1. The van der Waals surface area contributed by atoms with Crippen LogP contribution in [0.4, 0.5) is 14.5 Å². The smallest absolute Gasteiger partial charge is 0.387 e. The van der Waals surface area contributed by atoms with E-state index in [4.69, 9.17) is 0 Å². The molecule has 0 saturated heterocycles. The highest BCUT2D eigenvalue weighted by molar-refractivity contribution is 9.08. The first-order valence-electron chi connectivity index (χ1n) is 5.26. The van der Waals surface area contributed by atoms with Crippen LogP contribution < -0.4 is 4.74 Å². The van der Waals surface area contributed by atoms with Crippen LogP contribution in [-0.2, 0) is 21.3 Å². The molecule has 1 aromatic carbocycles. The molecule has 0 heterocycles. The normalized spacial score (nSPS) is 10.4. The van der Waals surface area contributed by atoms with Gasteiger partial charge in [-0.2, -0.15) is 8.78 Å². The quantitative estimate of drug-likeness (QED) is 0.340. The van der Waals surface area contributed by atoms with Gasteiger partial charge in [0.2, 0.25) is 5.75 Å². The van der Waals surface area contributed by atoms with Crippen LogP contribution in [0.5, 0.6) is 5.75 Å². The summed E-state index contributed by atoms with van der Waals surface area (Å²) in [6, 6.07) is 2.49. The van der Waals surface area contributed by atoms with Gasteiger partial charge in [0.25, 0.3) is 0 Å². The molecule has 0 aliphatic rings. The molecule has 0 fully saturated rings. The van der Waals surface area contributed by atoms with Gasteiger partial charge in [0.05, 0.1) is 18.5 Å². The van der Waals surface area contributed by atoms with Crippen molar-refractivity contribution in [3.63, 3.8) is 0 Å². The second-order valence-corrected chi connectivity index (χ2v) is 4.18. The summed E-state index contributed by atoms with van der Waals surface area (Å²) in [6.07, 6.45) is -0.409. The Bertz CT molecular complexity index is 524. The number of carbonyl (C=O) groups is 1. The highest BCUT2D eigenvalue weighted by atomic mass is 79.9. The van der Waals surface area contributed by atoms with Crippen molar-refractivity contribution in [2.75, 3.05) is 7.11 Å². The van der Waals surface area contributed by atoms with Crippen LogP contribution in [0.3, 0.4) is 0 Å². The summed E-state index contributed by atoms with van der Waals surface area (Å²) in [6.45, 7) is -3.20. The van der Waals surface area contributed by atoms with Crippen LogP contribution in [0.25, 0.3) is 0 Å². The number of methoxy groups -OCH3 is 1. The predicted octanol–water partition coefficient (Wildman–Crippen LogP) is 2.81. The molecule has 0 radical (unpaired) electrons. The average molecular weight is 354 g/mol. The highest BCUT2D eigenvalue weighted by Crippen LogP contribution is 2.34. The zero-order valence-electron chi connectivity index (χ0n) is 10.3. The largest absolute Gasteiger partial charge is 0.469 e. The maximum Gasteiger partial charge on any atom is 0.387 e. The number of nitro groups is 1. The molecule has 6 nitrogen and oxygen atoms in total. The van der Waals surface area contributed by atoms with E-state index >= 15 is 0 Å². The fourth-order valence-corrected chi connectivity index (χ4v) is 1.89. The van der Waals surface area contributed by atoms with Crippen molar-refractivity contribution < 1.29 is 28.0 Å². The van der Waals surface area contributed by atoms with Gasteiger partial charge in [-0.15, -0.1) is 0 Å². The van der Waals surface area contributed by atoms with Crippen molar-refractivity contribution in [1.29, 1.82) is 0 Å². The number of halogens is 3. The number of nitrogens with zero attached hydrogens (tertiary/aromatic N) is 1. The second kappa shape index (κ2) is 7.13. The van der Waals surface area contributed by atoms with Crippen LogP contribution in [-0.4, -0.2) is 24.6 Å². The van der Waals surface area contributed by atoms with Gasteiger partial charge in [-0.3, -0.25) is 14.9 Å². The first-order valence-corrected chi connectivity index (χ1v) is 6.39. The third-order valence-corrected chi connectivity index (χ3v) is 2.98. The monoisotopic (exact) mass is 353 g/mol. The molecule has 0 aliphatic heterocycles. The molecule has 0 N–H and O–H groups in total. The lowest BCUT2D eigenvalue weighted by Gasteiger charge is -2.10. The first kappa shape index (κ1) is 16.3. The van der Waals surface area contributed by atoms with Crippen LogP contribution in [0, 0.1) is 10.1 Å². The Morgan fingerprint density at radius 1 is 1.50 bits per heavy atom. The molecule has 1 rings (SSSR count). The fraction of sp³-hybridized carbons (Fsp3) is 0.364. The molecule has 0 unspecified atom stereocenters. The van der Waals surface area contributed by atoms with Crippen molar-refractivity contribution in [3.8, 4) is 5.75 Å². The van der Waals surface area contributed by atoms with Gasteiger partial charge in [0, 0.05) is 10.9 Å². The summed E-state index contributed by atoms with van der Waals surface area (Å²) < 4.78 is 33.2. The summed E-state index contributed by atoms with van der Waals surface area (Å²) in [7, 11) is 1.12. The maximum absolute atomic E-state index is 12.3. The van der Waals surface area contributed by atoms with Gasteiger partial charge >= 0.3 is 18.3 Å². The molecule has 0 spiro atoms. The minimum absolute atomic E-state index is 0.0468. The summed E-state index contributed by atoms with van der Waals surface area (Å²) in [5.41, 5.74) is -0.250. The van der Waals surface area contributed by atoms with Gasteiger partial charge in [0.1, 0.15) is 0 Å². The Hall–Kier alpha value is -1.77. The molecule has 1 aromatic rings. The number of alkyl halides is 3. The second-order valence-electron chi connectivity index (χ2n) is 3.62. The number of ether oxygens (including phenoxy) is 2. The Labute approximate surface area is 120 Å². The highest BCUT2D eigenvalue weighted by Gasteiger charge is 2.26. The third kappa shape index (κ3) is 4.12. The van der Waals surface area contributed by atoms with E-state index in [0.717, 1.165) is 13.2 Å². The predicted molar refractivity (Wildman–Crippen MR) is 68.1 cm³/mol. The third-order valence-electron chi connectivity index (χ3n) is 2.33. The fourth-order valence-electron chi connectivity index (χ4n) is 1.56. The SMILES string of the molecule is COC(=O)Cc1cc(CBr)cc(OC(F)F)c1[N+](=O)[O-]. The molecule has 0 atom stereocenters. The zero-order chi connectivity index (χ0) is 15.3. The maximum atomic E-state index is 12.3. The van der Waals surface area contributed by atoms with Gasteiger partial charge in [-0.25, -0.2) is 0 Å². The van der Waals surface area contributed by atoms with Crippen LogP contribution in [0.15, 0.2) is 12.1 Å². The van der Waals surface area contributed by atoms with Gasteiger partial charge in [-0.1, -0.05) is 15.9 Å². The number of hydrogen-bond acceptors (Lipinski definition) is 5. The summed E-state index contributed by atoms with van der Waals surface area (Å²) in [4.78, 5) is 21.4. The Morgan fingerprint density at radius 3 is 2.60 bits per heavy atom. The van der Waals surface area contributed by atoms with E-state index in [9.17, 15) is 23.7 Å². The lowest BCUT2D eigenvalue weighted by molar-refractivity contribution is -0.387. The van der Waals surface area contributed by atoms with E-state index in [1.54, 1.807) is 0 Å². The van der Waals surface area contributed by atoms with E-state index in [1.165, 1.54) is 6.07 Å². The summed E-state index contributed by atoms with van der Waals surface area (Å²) >= 11 is 3.11. The van der Waals surface area contributed by atoms with E-state index in [2.05, 4.69) is 25.4 Å². The number of nitro benzene ring substituents is 1. The zero-order valence-corrected chi connectivity index (χ0v) is 11.9. The summed E-state index contributed by atoms with van der Waals surface area (Å²) in [5.74, 6) is -1.30. The van der Waals surface area contributed by atoms with E-state index < -0.39 is 35.4 Å². The van der Waals surface area contributed by atoms with Crippen molar-refractivity contribution in [2.24, 2.45) is 0 Å². The molecule has 0 aromatic heterocycles. The number of benzene rings is 1. The number of hydrogen-bond donors (Lipinski definition) is 0. The van der Waals surface area contributed by atoms with Crippen LogP contribution in [0.2, 0.25) is 0 Å². The molecule has 0 aliphatic carbocycles. The topological polar surface area (TPSA) is 78.7 Å². The lowest BCUT2D eigenvalue weighted by Crippen LogP contribution is -2.10. The average Bonchev–Trinajstić information content (AvgIpc) is 2.36. The Kier molecular flexibility index (Phi) is 5.81. The number of esters is 1. The van der Waals surface area contributed by atoms with E-state index in [0.29, 0.717) is 5.56 Å². The molecule has 20 heavy (non-hydrogen) atoms. The standard InChI is InChI=1S/C11H10BrF2NO5/c1-19-9(16)4-7-2-6(5-12)3-8(20-11(13)14)10(7)15(17)18/h2-3,11H,4-5H2,1H3. The molecular weight excluding hydrogens is 344 g/mol. The van der Waals surface area contributed by atoms with Crippen molar-refractivity contribution in [1.82, 2.24) is 0 Å². The molecule has 0 amide bonds. The molecule has 0 bridgehead atoms. The number of rotatable bonds is 6. The van der Waals surface area contributed by atoms with Crippen molar-refractivity contribution in [3.05, 3.63) is 33.4 Å². The minimum Gasteiger partial charge on any atom is -0.469 e.